The number of rotatable bonds is 5. The molecule has 3 amide bonds. The predicted octanol–water partition coefficient (Wildman–Crippen LogP) is 3.55. The average Bonchev–Trinajstić information content (AvgIpc) is 2.69. The Balaban J connectivity index is 1.99. The van der Waals surface area contributed by atoms with Crippen LogP contribution in [-0.2, 0) is 4.79 Å². The molecule has 3 N–H and O–H groups in total. The van der Waals surface area contributed by atoms with Crippen molar-refractivity contribution in [3.05, 3.63) is 24.3 Å². The summed E-state index contributed by atoms with van der Waals surface area (Å²) in [5.74, 6) is 1.49. The minimum atomic E-state index is -0.309. The molecule has 2 atom stereocenters. The summed E-state index contributed by atoms with van der Waals surface area (Å²) in [5, 5.41) is 3.03. The lowest BCUT2D eigenvalue weighted by Gasteiger charge is -2.23. The van der Waals surface area contributed by atoms with Gasteiger partial charge in [-0.05, 0) is 36.8 Å². The summed E-state index contributed by atoms with van der Waals surface area (Å²) in [4.78, 5) is 26.4. The molecule has 6 heteroatoms. The Morgan fingerprint density at radius 1 is 1.29 bits per heavy atom. The van der Waals surface area contributed by atoms with Crippen LogP contribution < -0.4 is 11.1 Å². The van der Waals surface area contributed by atoms with Crippen LogP contribution in [0.4, 0.5) is 10.5 Å². The van der Waals surface area contributed by atoms with E-state index in [9.17, 15) is 9.59 Å². The number of primary amides is 1. The van der Waals surface area contributed by atoms with Crippen molar-refractivity contribution in [2.75, 3.05) is 24.2 Å². The second kappa shape index (κ2) is 8.97. The summed E-state index contributed by atoms with van der Waals surface area (Å²) in [5.41, 5.74) is 5.98. The van der Waals surface area contributed by atoms with Crippen LogP contribution in [0.1, 0.15) is 33.1 Å². The molecule has 1 aromatic carbocycles. The van der Waals surface area contributed by atoms with Crippen LogP contribution in [0.5, 0.6) is 0 Å². The normalized spacial score (nSPS) is 21.2. The minimum Gasteiger partial charge on any atom is -0.370 e. The lowest BCUT2D eigenvalue weighted by Crippen LogP contribution is -2.37. The fraction of sp³-hybridized carbons (Fsp3) is 0.556. The van der Waals surface area contributed by atoms with Crippen molar-refractivity contribution in [1.82, 2.24) is 4.90 Å². The van der Waals surface area contributed by atoms with Gasteiger partial charge in [0.1, 0.15) is 0 Å². The van der Waals surface area contributed by atoms with Gasteiger partial charge in [0.25, 0.3) is 0 Å². The molecule has 5 nitrogen and oxygen atoms in total. The molecule has 1 aliphatic rings. The number of carbonyl (C=O) groups excluding carboxylic acids is 2. The monoisotopic (exact) mass is 349 g/mol. The highest BCUT2D eigenvalue weighted by atomic mass is 32.2. The highest BCUT2D eigenvalue weighted by molar-refractivity contribution is 7.99. The summed E-state index contributed by atoms with van der Waals surface area (Å²) in [7, 11) is 0. The minimum absolute atomic E-state index is 0.0427. The Morgan fingerprint density at radius 2 is 2.04 bits per heavy atom. The molecule has 0 unspecified atom stereocenters. The first-order chi connectivity index (χ1) is 11.5. The number of nitrogens with zero attached hydrogens (tertiary/aromatic N) is 1. The zero-order valence-corrected chi connectivity index (χ0v) is 15.3. The SMILES string of the molecule is C[C@@H]1CCN(C(=O)Nc2ccccc2SCCC(N)=O)C[C@@H](C)C1. The maximum atomic E-state index is 12.6. The molecule has 0 aromatic heterocycles. The number of nitrogens with one attached hydrogen (secondary N) is 1. The number of benzene rings is 1. The van der Waals surface area contributed by atoms with Gasteiger partial charge >= 0.3 is 6.03 Å². The number of amides is 3. The predicted molar refractivity (Wildman–Crippen MR) is 99.1 cm³/mol. The molecule has 2 rings (SSSR count). The second-order valence-corrected chi connectivity index (χ2v) is 7.81. The maximum absolute atomic E-state index is 12.6. The Morgan fingerprint density at radius 3 is 2.79 bits per heavy atom. The van der Waals surface area contributed by atoms with Crippen molar-refractivity contribution in [2.45, 2.75) is 38.0 Å². The van der Waals surface area contributed by atoms with Crippen molar-refractivity contribution >= 4 is 29.4 Å². The van der Waals surface area contributed by atoms with Crippen molar-refractivity contribution in [3.8, 4) is 0 Å². The molecule has 0 radical (unpaired) electrons. The summed E-state index contributed by atoms with van der Waals surface area (Å²) in [6.07, 6.45) is 2.55. The molecule has 0 saturated carbocycles. The summed E-state index contributed by atoms with van der Waals surface area (Å²) < 4.78 is 0. The van der Waals surface area contributed by atoms with E-state index in [1.54, 1.807) is 0 Å². The van der Waals surface area contributed by atoms with E-state index in [1.165, 1.54) is 18.2 Å². The fourth-order valence-electron chi connectivity index (χ4n) is 3.06. The van der Waals surface area contributed by atoms with Crippen molar-refractivity contribution in [3.63, 3.8) is 0 Å². The van der Waals surface area contributed by atoms with Crippen LogP contribution in [0, 0.1) is 11.8 Å². The summed E-state index contributed by atoms with van der Waals surface area (Å²) in [6, 6.07) is 7.64. The molecule has 0 aliphatic carbocycles. The van der Waals surface area contributed by atoms with E-state index in [2.05, 4.69) is 19.2 Å². The third-order valence-corrected chi connectivity index (χ3v) is 5.33. The molecule has 24 heavy (non-hydrogen) atoms. The van der Waals surface area contributed by atoms with Crippen LogP contribution in [0.2, 0.25) is 0 Å². The smallest absolute Gasteiger partial charge is 0.321 e. The van der Waals surface area contributed by atoms with Gasteiger partial charge in [0.2, 0.25) is 5.91 Å². The van der Waals surface area contributed by atoms with Gasteiger partial charge in [-0.1, -0.05) is 26.0 Å². The van der Waals surface area contributed by atoms with Gasteiger partial charge in [-0.3, -0.25) is 4.79 Å². The summed E-state index contributed by atoms with van der Waals surface area (Å²) in [6.45, 7) is 6.06. The topological polar surface area (TPSA) is 75.4 Å². The molecule has 1 aliphatic heterocycles. The van der Waals surface area contributed by atoms with Gasteiger partial charge in [-0.15, -0.1) is 11.8 Å². The van der Waals surface area contributed by atoms with Crippen LogP contribution in [0.3, 0.4) is 0 Å². The van der Waals surface area contributed by atoms with E-state index in [0.717, 1.165) is 30.1 Å². The first kappa shape index (κ1) is 18.6. The summed E-state index contributed by atoms with van der Waals surface area (Å²) >= 11 is 1.53. The van der Waals surface area contributed by atoms with Crippen LogP contribution in [0.15, 0.2) is 29.2 Å². The van der Waals surface area contributed by atoms with Crippen molar-refractivity contribution in [2.24, 2.45) is 17.6 Å². The number of para-hydroxylation sites is 1. The third kappa shape index (κ3) is 5.74. The highest BCUT2D eigenvalue weighted by Gasteiger charge is 2.23. The number of likely N-dealkylation sites (tertiary alicyclic amines) is 1. The van der Waals surface area contributed by atoms with Gasteiger partial charge in [-0.25, -0.2) is 4.79 Å². The van der Waals surface area contributed by atoms with Gasteiger partial charge in [0.15, 0.2) is 0 Å². The molecule has 1 saturated heterocycles. The molecule has 1 heterocycles. The Kier molecular flexibility index (Phi) is 6.97. The van der Waals surface area contributed by atoms with E-state index in [1.807, 2.05) is 29.2 Å². The quantitative estimate of drug-likeness (QED) is 0.798. The van der Waals surface area contributed by atoms with Gasteiger partial charge in [0.05, 0.1) is 5.69 Å². The number of anilines is 1. The fourth-order valence-corrected chi connectivity index (χ4v) is 4.03. The molecule has 1 aromatic rings. The number of nitrogens with two attached hydrogens (primary N) is 1. The Labute approximate surface area is 148 Å². The zero-order chi connectivity index (χ0) is 17.5. The lowest BCUT2D eigenvalue weighted by molar-refractivity contribution is -0.117. The van der Waals surface area contributed by atoms with Crippen LogP contribution >= 0.6 is 11.8 Å². The van der Waals surface area contributed by atoms with Crippen molar-refractivity contribution < 1.29 is 9.59 Å². The van der Waals surface area contributed by atoms with E-state index in [4.69, 9.17) is 5.73 Å². The number of thioether (sulfide) groups is 1. The molecular weight excluding hydrogens is 322 g/mol. The van der Waals surface area contributed by atoms with Crippen LogP contribution in [-0.4, -0.2) is 35.7 Å². The molecule has 132 valence electrons. The van der Waals surface area contributed by atoms with Crippen molar-refractivity contribution in [1.29, 1.82) is 0 Å². The maximum Gasteiger partial charge on any atom is 0.321 e. The standard InChI is InChI=1S/C18H27N3O2S/c1-13-7-9-21(12-14(2)11-13)18(23)20-15-5-3-4-6-16(15)24-10-8-17(19)22/h3-6,13-14H,7-12H2,1-2H3,(H2,19,22)(H,20,23)/t13-,14+/m1/s1. The first-order valence-corrected chi connectivity index (χ1v) is 9.50. The van der Waals surface area contributed by atoms with E-state index < -0.39 is 0 Å². The number of hydrogen-bond acceptors (Lipinski definition) is 3. The number of urea groups is 1. The molecule has 0 spiro atoms. The first-order valence-electron chi connectivity index (χ1n) is 8.51. The largest absolute Gasteiger partial charge is 0.370 e. The Bertz CT molecular complexity index is 579. The average molecular weight is 350 g/mol. The molecule has 1 fully saturated rings. The molecular formula is C18H27N3O2S. The zero-order valence-electron chi connectivity index (χ0n) is 14.5. The van der Waals surface area contributed by atoms with Gasteiger partial charge < -0.3 is 16.0 Å². The number of carbonyl (C=O) groups is 2. The highest BCUT2D eigenvalue weighted by Crippen LogP contribution is 2.28. The van der Waals surface area contributed by atoms with Gasteiger partial charge in [0, 0.05) is 30.2 Å². The van der Waals surface area contributed by atoms with E-state index >= 15 is 0 Å². The number of hydrogen-bond donors (Lipinski definition) is 2. The van der Waals surface area contributed by atoms with Gasteiger partial charge in [-0.2, -0.15) is 0 Å². The third-order valence-electron chi connectivity index (χ3n) is 4.25. The molecule has 0 bridgehead atoms. The van der Waals surface area contributed by atoms with E-state index in [-0.39, 0.29) is 11.9 Å². The second-order valence-electron chi connectivity index (χ2n) is 6.67. The lowest BCUT2D eigenvalue weighted by atomic mass is 9.97. The Hall–Kier alpha value is -1.69. The van der Waals surface area contributed by atoms with E-state index in [0.29, 0.717) is 24.0 Å². The van der Waals surface area contributed by atoms with Crippen LogP contribution in [0.25, 0.3) is 0 Å².